The van der Waals surface area contributed by atoms with Crippen LogP contribution in [0.2, 0.25) is 0 Å². The first-order valence-corrected chi connectivity index (χ1v) is 12.3. The van der Waals surface area contributed by atoms with Crippen LogP contribution >= 0.6 is 0 Å². The predicted molar refractivity (Wildman–Crippen MR) is 143 cm³/mol. The van der Waals surface area contributed by atoms with Gasteiger partial charge in [0.1, 0.15) is 0 Å². The Kier molecular flexibility index (Phi) is 8.49. The number of aromatic nitrogens is 2. The summed E-state index contributed by atoms with van der Waals surface area (Å²) in [4.78, 5) is 53.0. The summed E-state index contributed by atoms with van der Waals surface area (Å²) in [5.74, 6) is -0.105. The summed E-state index contributed by atoms with van der Waals surface area (Å²) in [6.45, 7) is 6.52. The van der Waals surface area contributed by atoms with Gasteiger partial charge < -0.3 is 20.7 Å². The van der Waals surface area contributed by atoms with Gasteiger partial charge in [0.2, 0.25) is 0 Å². The summed E-state index contributed by atoms with van der Waals surface area (Å²) < 4.78 is 7.91. The second-order valence-corrected chi connectivity index (χ2v) is 8.92. The van der Waals surface area contributed by atoms with E-state index in [9.17, 15) is 19.2 Å². The van der Waals surface area contributed by atoms with Crippen molar-refractivity contribution in [2.24, 2.45) is 0 Å². The fraction of sp³-hybridized carbons (Fsp3) is 0.385. The van der Waals surface area contributed by atoms with E-state index in [1.54, 1.807) is 47.0 Å². The Balaban J connectivity index is 1.62. The van der Waals surface area contributed by atoms with E-state index in [0.717, 1.165) is 26.2 Å². The maximum atomic E-state index is 13.3. The number of anilines is 2. The molecule has 0 aliphatic carbocycles. The lowest BCUT2D eigenvalue weighted by molar-refractivity contribution is 0.101. The molecule has 4 rings (SSSR count). The molecule has 3 N–H and O–H groups in total. The zero-order chi connectivity index (χ0) is 26.4. The van der Waals surface area contributed by atoms with Crippen LogP contribution in [0.15, 0.2) is 52.1 Å². The Morgan fingerprint density at radius 1 is 0.946 bits per heavy atom. The Morgan fingerprint density at radius 3 is 2.38 bits per heavy atom. The first-order chi connectivity index (χ1) is 17.9. The predicted octanol–water partition coefficient (Wildman–Crippen LogP) is 1.56. The molecular weight excluding hydrogens is 476 g/mol. The molecule has 1 aromatic heterocycles. The fourth-order valence-corrected chi connectivity index (χ4v) is 4.38. The van der Waals surface area contributed by atoms with Crippen molar-refractivity contribution in [3.63, 3.8) is 0 Å². The lowest BCUT2D eigenvalue weighted by atomic mass is 10.1. The van der Waals surface area contributed by atoms with Crippen LogP contribution in [0.25, 0.3) is 10.9 Å². The second-order valence-electron chi connectivity index (χ2n) is 8.92. The maximum absolute atomic E-state index is 13.3. The van der Waals surface area contributed by atoms with Crippen LogP contribution in [0, 0.1) is 0 Å². The largest absolute Gasteiger partial charge is 0.383 e. The van der Waals surface area contributed by atoms with E-state index >= 15 is 0 Å². The van der Waals surface area contributed by atoms with Crippen molar-refractivity contribution in [1.29, 1.82) is 0 Å². The molecule has 3 aromatic rings. The third-order valence-corrected chi connectivity index (χ3v) is 6.38. The quantitative estimate of drug-likeness (QED) is 0.375. The van der Waals surface area contributed by atoms with E-state index in [-0.39, 0.29) is 24.6 Å². The Bertz CT molecular complexity index is 1410. The van der Waals surface area contributed by atoms with Crippen molar-refractivity contribution >= 4 is 34.1 Å². The average Bonchev–Trinajstić information content (AvgIpc) is 2.89. The van der Waals surface area contributed by atoms with E-state index in [1.165, 1.54) is 18.6 Å². The highest BCUT2D eigenvalue weighted by molar-refractivity contribution is 6.02. The molecule has 11 nitrogen and oxygen atoms in total. The van der Waals surface area contributed by atoms with Crippen LogP contribution in [-0.4, -0.2) is 72.3 Å². The van der Waals surface area contributed by atoms with Gasteiger partial charge in [-0.25, -0.2) is 9.59 Å². The number of methoxy groups -OCH3 is 1. The molecule has 0 radical (unpaired) electrons. The molecule has 2 heterocycles. The highest BCUT2D eigenvalue weighted by atomic mass is 16.5. The Morgan fingerprint density at radius 2 is 1.68 bits per heavy atom. The van der Waals surface area contributed by atoms with Crippen LogP contribution in [0.5, 0.6) is 0 Å². The van der Waals surface area contributed by atoms with Gasteiger partial charge in [0.25, 0.3) is 5.56 Å². The maximum Gasteiger partial charge on any atom is 0.331 e. The number of hydrogen-bond donors (Lipinski definition) is 3. The molecule has 1 aliphatic rings. The zero-order valence-electron chi connectivity index (χ0n) is 21.1. The molecule has 196 valence electrons. The van der Waals surface area contributed by atoms with E-state index in [4.69, 9.17) is 4.74 Å². The van der Waals surface area contributed by atoms with Crippen molar-refractivity contribution < 1.29 is 14.3 Å². The van der Waals surface area contributed by atoms with Gasteiger partial charge in [-0.15, -0.1) is 0 Å². The molecule has 11 heteroatoms. The number of ether oxygens (including phenoxy) is 1. The van der Waals surface area contributed by atoms with Gasteiger partial charge >= 0.3 is 11.7 Å². The number of nitrogens with one attached hydrogen (secondary N) is 3. The van der Waals surface area contributed by atoms with Gasteiger partial charge in [-0.3, -0.25) is 23.6 Å². The number of Topliss-reactive ketones (excluding diaryl/α,β-unsaturated/α-hetero) is 1. The summed E-state index contributed by atoms with van der Waals surface area (Å²) in [6.07, 6.45) is 0. The standard InChI is InChI=1S/C26H32N6O5/c1-18(33)19-4-3-5-20(16-19)28-25(35)29-21-6-7-23-22(17-21)24(34)32(14-15-37-2)26(36)31(23)13-12-30-10-8-27-9-11-30/h3-7,16-17,27H,8-15H2,1-2H3,(H2,28,29,35). The van der Waals surface area contributed by atoms with Gasteiger partial charge in [-0.2, -0.15) is 0 Å². The SMILES string of the molecule is COCCn1c(=O)c2cc(NC(=O)Nc3cccc(C(C)=O)c3)ccc2n(CCN2CCNCC2)c1=O. The Hall–Kier alpha value is -3.80. The lowest BCUT2D eigenvalue weighted by Gasteiger charge is -2.27. The number of ketones is 1. The number of rotatable bonds is 9. The minimum Gasteiger partial charge on any atom is -0.383 e. The summed E-state index contributed by atoms with van der Waals surface area (Å²) >= 11 is 0. The number of amides is 2. The molecule has 0 unspecified atom stereocenters. The van der Waals surface area contributed by atoms with Crippen LogP contribution in [0.3, 0.4) is 0 Å². The van der Waals surface area contributed by atoms with Crippen LogP contribution in [0.1, 0.15) is 17.3 Å². The molecule has 1 saturated heterocycles. The topological polar surface area (TPSA) is 127 Å². The van der Waals surface area contributed by atoms with Gasteiger partial charge in [0, 0.05) is 63.3 Å². The number of benzene rings is 2. The molecule has 2 amide bonds. The van der Waals surface area contributed by atoms with Crippen molar-refractivity contribution in [2.45, 2.75) is 20.0 Å². The third-order valence-electron chi connectivity index (χ3n) is 6.38. The van der Waals surface area contributed by atoms with Crippen LogP contribution in [-0.2, 0) is 17.8 Å². The molecule has 0 bridgehead atoms. The van der Waals surface area contributed by atoms with E-state index in [2.05, 4.69) is 20.9 Å². The van der Waals surface area contributed by atoms with Crippen LogP contribution in [0.4, 0.5) is 16.2 Å². The van der Waals surface area contributed by atoms with E-state index < -0.39 is 11.6 Å². The summed E-state index contributed by atoms with van der Waals surface area (Å²) in [5.41, 5.74) is 1.05. The smallest absolute Gasteiger partial charge is 0.331 e. The monoisotopic (exact) mass is 508 g/mol. The number of fused-ring (bicyclic) bond motifs is 1. The van der Waals surface area contributed by atoms with Crippen LogP contribution < -0.4 is 27.2 Å². The minimum atomic E-state index is -0.521. The van der Waals surface area contributed by atoms with Gasteiger partial charge in [0.15, 0.2) is 5.78 Å². The van der Waals surface area contributed by atoms with Crippen molar-refractivity contribution in [3.05, 3.63) is 68.9 Å². The molecule has 0 atom stereocenters. The first kappa shape index (κ1) is 26.3. The lowest BCUT2D eigenvalue weighted by Crippen LogP contribution is -2.46. The van der Waals surface area contributed by atoms with E-state index in [1.807, 2.05) is 0 Å². The molecule has 37 heavy (non-hydrogen) atoms. The van der Waals surface area contributed by atoms with Gasteiger partial charge in [-0.1, -0.05) is 12.1 Å². The summed E-state index contributed by atoms with van der Waals surface area (Å²) in [6, 6.07) is 11.0. The normalized spacial score (nSPS) is 14.0. The second kappa shape index (κ2) is 12.0. The van der Waals surface area contributed by atoms with Crippen molar-refractivity contribution in [1.82, 2.24) is 19.4 Å². The number of urea groups is 1. The van der Waals surface area contributed by atoms with Gasteiger partial charge in [-0.05, 0) is 37.3 Å². The highest BCUT2D eigenvalue weighted by Crippen LogP contribution is 2.17. The average molecular weight is 509 g/mol. The molecule has 0 spiro atoms. The first-order valence-electron chi connectivity index (χ1n) is 12.3. The third kappa shape index (κ3) is 6.31. The van der Waals surface area contributed by atoms with Crippen molar-refractivity contribution in [2.75, 3.05) is 57.1 Å². The number of hydrogen-bond acceptors (Lipinski definition) is 7. The molecule has 1 aliphatic heterocycles. The highest BCUT2D eigenvalue weighted by Gasteiger charge is 2.16. The number of carbonyl (C=O) groups excluding carboxylic acids is 2. The summed E-state index contributed by atoms with van der Waals surface area (Å²) in [7, 11) is 1.52. The van der Waals surface area contributed by atoms with E-state index in [0.29, 0.717) is 40.9 Å². The molecular formula is C26H32N6O5. The minimum absolute atomic E-state index is 0.105. The number of piperazine rings is 1. The Labute approximate surface area is 214 Å². The zero-order valence-corrected chi connectivity index (χ0v) is 21.1. The number of nitrogens with zero attached hydrogens (tertiary/aromatic N) is 3. The number of carbonyl (C=O) groups is 2. The molecule has 1 fully saturated rings. The fourth-order valence-electron chi connectivity index (χ4n) is 4.38. The molecule has 2 aromatic carbocycles. The van der Waals surface area contributed by atoms with Crippen molar-refractivity contribution in [3.8, 4) is 0 Å². The van der Waals surface area contributed by atoms with Gasteiger partial charge in [0.05, 0.1) is 24.1 Å². The summed E-state index contributed by atoms with van der Waals surface area (Å²) in [5, 5.41) is 9.07. The molecule has 0 saturated carbocycles.